The zero-order chi connectivity index (χ0) is 16.7. The number of rotatable bonds is 2. The summed E-state index contributed by atoms with van der Waals surface area (Å²) in [5, 5.41) is 3.49. The number of amides is 1. The van der Waals surface area contributed by atoms with Gasteiger partial charge in [-0.25, -0.2) is 19.9 Å². The van der Waals surface area contributed by atoms with Crippen LogP contribution in [0.15, 0.2) is 43.0 Å². The predicted molar refractivity (Wildman–Crippen MR) is 90.2 cm³/mol. The maximum absolute atomic E-state index is 11.2. The van der Waals surface area contributed by atoms with Crippen LogP contribution < -0.4 is 11.1 Å². The second-order valence-electron chi connectivity index (χ2n) is 5.26. The smallest absolute Gasteiger partial charge is 0.229 e. The van der Waals surface area contributed by atoms with E-state index in [-0.39, 0.29) is 11.9 Å². The van der Waals surface area contributed by atoms with Crippen LogP contribution in [-0.4, -0.2) is 30.2 Å². The van der Waals surface area contributed by atoms with Gasteiger partial charge in [-0.3, -0.25) is 14.5 Å². The average Bonchev–Trinajstić information content (AvgIpc) is 2.88. The molecule has 0 atom stereocenters. The normalized spacial score (nSPS) is 11.0. The lowest BCUT2D eigenvalue weighted by Crippen LogP contribution is -2.09. The number of carbonyl (C=O) groups excluding carboxylic acids is 1. The molecule has 4 aromatic rings. The van der Waals surface area contributed by atoms with Crippen molar-refractivity contribution in [2.24, 2.45) is 0 Å². The van der Waals surface area contributed by atoms with Crippen LogP contribution in [0.3, 0.4) is 0 Å². The van der Waals surface area contributed by atoms with Crippen LogP contribution in [0.5, 0.6) is 0 Å². The lowest BCUT2D eigenvalue weighted by atomic mass is 10.1. The van der Waals surface area contributed by atoms with Gasteiger partial charge in [-0.1, -0.05) is 0 Å². The van der Waals surface area contributed by atoms with Crippen LogP contribution in [0.25, 0.3) is 27.8 Å². The van der Waals surface area contributed by atoms with Gasteiger partial charge in [-0.2, -0.15) is 0 Å². The first-order valence-corrected chi connectivity index (χ1v) is 7.25. The Morgan fingerprint density at radius 1 is 1.17 bits per heavy atom. The minimum atomic E-state index is -0.225. The molecule has 0 spiro atoms. The molecule has 0 aliphatic rings. The molecule has 0 radical (unpaired) electrons. The predicted octanol–water partition coefficient (Wildman–Crippen LogP) is 1.88. The highest BCUT2D eigenvalue weighted by molar-refractivity contribution is 6.03. The van der Waals surface area contributed by atoms with Gasteiger partial charge in [0.15, 0.2) is 0 Å². The molecule has 8 heteroatoms. The molecule has 0 aliphatic carbocycles. The summed E-state index contributed by atoms with van der Waals surface area (Å²) in [5.74, 6) is 0.460. The van der Waals surface area contributed by atoms with Crippen LogP contribution in [0.2, 0.25) is 0 Å². The van der Waals surface area contributed by atoms with E-state index in [9.17, 15) is 4.79 Å². The first kappa shape index (κ1) is 14.1. The summed E-state index contributed by atoms with van der Waals surface area (Å²) in [5.41, 5.74) is 8.98. The number of nitrogens with one attached hydrogen (secondary N) is 1. The summed E-state index contributed by atoms with van der Waals surface area (Å²) in [6.45, 7) is 1.41. The molecule has 0 unspecified atom stereocenters. The molecule has 0 fully saturated rings. The van der Waals surface area contributed by atoms with Gasteiger partial charge >= 0.3 is 0 Å². The fourth-order valence-corrected chi connectivity index (χ4v) is 2.70. The Hall–Kier alpha value is -3.55. The number of fused-ring (bicyclic) bond motifs is 3. The lowest BCUT2D eigenvalue weighted by Gasteiger charge is -2.04. The summed E-state index contributed by atoms with van der Waals surface area (Å²) in [4.78, 5) is 28.3. The fourth-order valence-electron chi connectivity index (χ4n) is 2.70. The summed E-state index contributed by atoms with van der Waals surface area (Å²) < 4.78 is 1.86. The standard InChI is InChI=1S/C16H13N7O/c1-9(24)20-16-19-7-4-11(21-16)14-10-2-3-13(17)22-15(10)23-8-18-6-5-12(14)23/h2-8H,1H3,(H2,17,22)(H,19,20,21,24). The number of pyridine rings is 1. The van der Waals surface area contributed by atoms with E-state index in [0.29, 0.717) is 17.2 Å². The van der Waals surface area contributed by atoms with Gasteiger partial charge in [0.05, 0.1) is 11.2 Å². The van der Waals surface area contributed by atoms with Crippen molar-refractivity contribution in [1.29, 1.82) is 0 Å². The molecule has 3 N–H and O–H groups in total. The van der Waals surface area contributed by atoms with Crippen LogP contribution in [0, 0.1) is 0 Å². The number of carbonyl (C=O) groups is 1. The van der Waals surface area contributed by atoms with E-state index in [1.165, 1.54) is 6.92 Å². The van der Waals surface area contributed by atoms with Gasteiger partial charge < -0.3 is 5.73 Å². The third kappa shape index (κ3) is 2.21. The molecule has 1 amide bonds. The molecular weight excluding hydrogens is 306 g/mol. The molecule has 8 nitrogen and oxygen atoms in total. The van der Waals surface area contributed by atoms with E-state index in [0.717, 1.165) is 16.5 Å². The van der Waals surface area contributed by atoms with Crippen LogP contribution in [0.1, 0.15) is 6.92 Å². The topological polar surface area (TPSA) is 111 Å². The molecule has 0 saturated heterocycles. The van der Waals surface area contributed by atoms with E-state index in [4.69, 9.17) is 5.73 Å². The van der Waals surface area contributed by atoms with Gasteiger partial charge in [0, 0.05) is 30.3 Å². The molecule has 0 aromatic carbocycles. The Balaban J connectivity index is 2.03. The number of aromatic nitrogens is 5. The fraction of sp³-hybridized carbons (Fsp3) is 0.0625. The monoisotopic (exact) mass is 319 g/mol. The van der Waals surface area contributed by atoms with Crippen molar-refractivity contribution in [3.05, 3.63) is 43.0 Å². The van der Waals surface area contributed by atoms with E-state index in [1.807, 2.05) is 16.5 Å². The zero-order valence-corrected chi connectivity index (χ0v) is 12.8. The van der Waals surface area contributed by atoms with Crippen molar-refractivity contribution < 1.29 is 4.79 Å². The molecular formula is C16H13N7O. The third-order valence-electron chi connectivity index (χ3n) is 3.61. The van der Waals surface area contributed by atoms with Gasteiger partial charge in [0.2, 0.25) is 11.9 Å². The van der Waals surface area contributed by atoms with E-state index in [2.05, 4.69) is 25.3 Å². The number of hydrogen-bond acceptors (Lipinski definition) is 6. The van der Waals surface area contributed by atoms with Crippen molar-refractivity contribution in [3.8, 4) is 11.3 Å². The lowest BCUT2D eigenvalue weighted by molar-refractivity contribution is -0.114. The van der Waals surface area contributed by atoms with Crippen molar-refractivity contribution in [1.82, 2.24) is 24.3 Å². The highest BCUT2D eigenvalue weighted by Gasteiger charge is 2.16. The molecule has 0 saturated carbocycles. The minimum absolute atomic E-state index is 0.225. The molecule has 0 aliphatic heterocycles. The number of hydrogen-bond donors (Lipinski definition) is 2. The number of nitrogens with zero attached hydrogens (tertiary/aromatic N) is 5. The molecule has 24 heavy (non-hydrogen) atoms. The van der Waals surface area contributed by atoms with Gasteiger partial charge in [-0.05, 0) is 24.3 Å². The molecule has 0 bridgehead atoms. The Morgan fingerprint density at radius 3 is 2.88 bits per heavy atom. The Kier molecular flexibility index (Phi) is 3.09. The second-order valence-corrected chi connectivity index (χ2v) is 5.26. The maximum Gasteiger partial charge on any atom is 0.229 e. The Morgan fingerprint density at radius 2 is 2.04 bits per heavy atom. The zero-order valence-electron chi connectivity index (χ0n) is 12.8. The second kappa shape index (κ2) is 5.27. The van der Waals surface area contributed by atoms with Crippen molar-refractivity contribution in [3.63, 3.8) is 0 Å². The summed E-state index contributed by atoms with van der Waals surface area (Å²) >= 11 is 0. The number of anilines is 2. The quantitative estimate of drug-likeness (QED) is 0.583. The molecule has 4 rings (SSSR count). The van der Waals surface area contributed by atoms with Crippen molar-refractivity contribution in [2.45, 2.75) is 6.92 Å². The van der Waals surface area contributed by atoms with Gasteiger partial charge in [0.1, 0.15) is 17.8 Å². The highest BCUT2D eigenvalue weighted by Crippen LogP contribution is 2.33. The average molecular weight is 319 g/mol. The highest BCUT2D eigenvalue weighted by atomic mass is 16.1. The van der Waals surface area contributed by atoms with E-state index in [1.54, 1.807) is 30.9 Å². The van der Waals surface area contributed by atoms with E-state index < -0.39 is 0 Å². The van der Waals surface area contributed by atoms with Crippen LogP contribution >= 0.6 is 0 Å². The van der Waals surface area contributed by atoms with Crippen molar-refractivity contribution in [2.75, 3.05) is 11.1 Å². The first-order valence-electron chi connectivity index (χ1n) is 7.25. The molecule has 4 heterocycles. The van der Waals surface area contributed by atoms with E-state index >= 15 is 0 Å². The SMILES string of the molecule is CC(=O)Nc1nccc(-c2c3ccc(N)nc3n3cnccc23)n1. The first-order chi connectivity index (χ1) is 11.6. The summed E-state index contributed by atoms with van der Waals surface area (Å²) in [7, 11) is 0. The Labute approximate surface area is 136 Å². The van der Waals surface area contributed by atoms with Crippen LogP contribution in [0.4, 0.5) is 11.8 Å². The minimum Gasteiger partial charge on any atom is -0.384 e. The van der Waals surface area contributed by atoms with Gasteiger partial charge in [0.25, 0.3) is 0 Å². The summed E-state index contributed by atoms with van der Waals surface area (Å²) in [6.07, 6.45) is 5.00. The molecule has 118 valence electrons. The van der Waals surface area contributed by atoms with Crippen LogP contribution in [-0.2, 0) is 4.79 Å². The van der Waals surface area contributed by atoms with Gasteiger partial charge in [-0.15, -0.1) is 0 Å². The molecule has 4 aromatic heterocycles. The van der Waals surface area contributed by atoms with Crippen molar-refractivity contribution >= 4 is 34.2 Å². The maximum atomic E-state index is 11.2. The largest absolute Gasteiger partial charge is 0.384 e. The summed E-state index contributed by atoms with van der Waals surface area (Å²) in [6, 6.07) is 7.32. The number of nitrogen functional groups attached to an aromatic ring is 1. The number of nitrogens with two attached hydrogens (primary N) is 1. The Bertz CT molecular complexity index is 1090. The third-order valence-corrected chi connectivity index (χ3v) is 3.61.